The van der Waals surface area contributed by atoms with Crippen molar-refractivity contribution in [1.29, 1.82) is 0 Å². The molecular formula is C22H32N2O4. The van der Waals surface area contributed by atoms with Crippen molar-refractivity contribution in [3.63, 3.8) is 0 Å². The molecule has 154 valence electrons. The fourth-order valence-corrected chi connectivity index (χ4v) is 3.51. The van der Waals surface area contributed by atoms with Crippen molar-refractivity contribution in [2.45, 2.75) is 84.5 Å². The van der Waals surface area contributed by atoms with Gasteiger partial charge in [-0.2, -0.15) is 4.99 Å². The Labute approximate surface area is 167 Å². The van der Waals surface area contributed by atoms with E-state index in [0.29, 0.717) is 12.1 Å². The summed E-state index contributed by atoms with van der Waals surface area (Å²) in [7, 11) is 0. The van der Waals surface area contributed by atoms with Crippen molar-refractivity contribution in [2.24, 2.45) is 4.99 Å². The molecule has 6 nitrogen and oxygen atoms in total. The molecule has 0 radical (unpaired) electrons. The second kappa shape index (κ2) is 9.32. The minimum Gasteiger partial charge on any atom is -0.477 e. The molecule has 0 saturated carbocycles. The summed E-state index contributed by atoms with van der Waals surface area (Å²) in [6.45, 7) is 10.6. The Morgan fingerprint density at radius 3 is 2.14 bits per heavy atom. The van der Waals surface area contributed by atoms with Crippen LogP contribution in [0.2, 0.25) is 0 Å². The van der Waals surface area contributed by atoms with Crippen LogP contribution in [0.15, 0.2) is 29.3 Å². The van der Waals surface area contributed by atoms with E-state index in [2.05, 4.69) is 23.7 Å². The van der Waals surface area contributed by atoms with Gasteiger partial charge in [0.1, 0.15) is 11.3 Å². The molecule has 1 amide bonds. The molecule has 1 heterocycles. The van der Waals surface area contributed by atoms with Gasteiger partial charge in [0.05, 0.1) is 0 Å². The summed E-state index contributed by atoms with van der Waals surface area (Å²) >= 11 is 0. The lowest BCUT2D eigenvalue weighted by atomic mass is 9.96. The van der Waals surface area contributed by atoms with Gasteiger partial charge in [0, 0.05) is 25.0 Å². The number of benzene rings is 1. The number of likely N-dealkylation sites (tertiary alicyclic amines) is 1. The first-order valence-corrected chi connectivity index (χ1v) is 9.92. The predicted molar refractivity (Wildman–Crippen MR) is 110 cm³/mol. The lowest BCUT2D eigenvalue weighted by molar-refractivity contribution is -0.129. The molecule has 1 aromatic carbocycles. The van der Waals surface area contributed by atoms with Crippen molar-refractivity contribution in [3.05, 3.63) is 35.4 Å². The summed E-state index contributed by atoms with van der Waals surface area (Å²) in [5.41, 5.74) is 1.06. The molecule has 1 fully saturated rings. The molecule has 1 aliphatic rings. The third-order valence-corrected chi connectivity index (χ3v) is 5.00. The first-order valence-electron chi connectivity index (χ1n) is 9.92. The first kappa shape index (κ1) is 22.1. The predicted octanol–water partition coefficient (Wildman–Crippen LogP) is 4.45. The number of aliphatic imine (C=N–C) groups is 1. The zero-order valence-corrected chi connectivity index (χ0v) is 17.6. The summed E-state index contributed by atoms with van der Waals surface area (Å²) in [4.78, 5) is 29.4. The van der Waals surface area contributed by atoms with Gasteiger partial charge in [-0.1, -0.05) is 30.7 Å². The van der Waals surface area contributed by atoms with E-state index in [0.717, 1.165) is 12.1 Å². The highest BCUT2D eigenvalue weighted by Crippen LogP contribution is 2.24. The van der Waals surface area contributed by atoms with Gasteiger partial charge in [0.15, 0.2) is 0 Å². The topological polar surface area (TPSA) is 79.2 Å². The number of rotatable bonds is 5. The number of carbonyl (C=O) groups excluding carboxylic acids is 1. The van der Waals surface area contributed by atoms with Gasteiger partial charge in [-0.05, 0) is 58.6 Å². The number of ether oxygens (including phenoxy) is 1. The maximum Gasteiger partial charge on any atom is 0.434 e. The van der Waals surface area contributed by atoms with Gasteiger partial charge in [-0.15, -0.1) is 0 Å². The van der Waals surface area contributed by atoms with Gasteiger partial charge in [-0.3, -0.25) is 4.90 Å². The summed E-state index contributed by atoms with van der Waals surface area (Å²) in [6, 6.07) is 9.00. The van der Waals surface area contributed by atoms with Crippen LogP contribution < -0.4 is 0 Å². The number of aliphatic carboxylic acids is 1. The Morgan fingerprint density at radius 1 is 1.11 bits per heavy atom. The van der Waals surface area contributed by atoms with E-state index in [1.165, 1.54) is 24.8 Å². The van der Waals surface area contributed by atoms with Crippen LogP contribution in [0.4, 0.5) is 4.79 Å². The van der Waals surface area contributed by atoms with E-state index in [4.69, 9.17) is 4.74 Å². The number of hydrogen-bond donors (Lipinski definition) is 1. The quantitative estimate of drug-likeness (QED) is 0.754. The molecular weight excluding hydrogens is 356 g/mol. The second-order valence-electron chi connectivity index (χ2n) is 8.64. The zero-order valence-electron chi connectivity index (χ0n) is 17.6. The van der Waals surface area contributed by atoms with Crippen LogP contribution in [0, 0.1) is 0 Å². The second-order valence-corrected chi connectivity index (χ2v) is 8.64. The standard InChI is InChI=1S/C22H32N2O4/c1-15-7-6-8-16(2)24(15)14-18-11-9-17(10-12-18)13-19(20(25)26)23-21(27)28-22(3,4)5/h9-12,15-16H,6-8,13-14H2,1-5H3,(H,25,26)/t15-,16+. The third-order valence-electron chi connectivity index (χ3n) is 5.00. The first-order chi connectivity index (χ1) is 13.0. The van der Waals surface area contributed by atoms with Crippen LogP contribution in [0.1, 0.15) is 65.0 Å². The molecule has 0 aliphatic carbocycles. The Hall–Kier alpha value is -2.21. The largest absolute Gasteiger partial charge is 0.477 e. The van der Waals surface area contributed by atoms with E-state index < -0.39 is 17.7 Å². The van der Waals surface area contributed by atoms with Crippen molar-refractivity contribution in [3.8, 4) is 0 Å². The number of amides is 1. The fraction of sp³-hybridized carbons (Fsp3) is 0.591. The number of nitrogens with zero attached hydrogens (tertiary/aromatic N) is 2. The maximum absolute atomic E-state index is 11.8. The van der Waals surface area contributed by atoms with Crippen molar-refractivity contribution in [2.75, 3.05) is 0 Å². The third kappa shape index (κ3) is 6.75. The Bertz CT molecular complexity index is 709. The molecule has 28 heavy (non-hydrogen) atoms. The van der Waals surface area contributed by atoms with E-state index in [9.17, 15) is 14.7 Å². The highest BCUT2D eigenvalue weighted by molar-refractivity contribution is 6.37. The SMILES string of the molecule is C[C@@H]1CCC[C@H](C)N1Cc1ccc(CC(=NC(=O)OC(C)(C)C)C(=O)O)cc1. The van der Waals surface area contributed by atoms with Crippen LogP contribution in [0.25, 0.3) is 0 Å². The van der Waals surface area contributed by atoms with Crippen LogP contribution in [-0.4, -0.2) is 45.5 Å². The van der Waals surface area contributed by atoms with Crippen LogP contribution in [-0.2, 0) is 22.5 Å². The van der Waals surface area contributed by atoms with Crippen LogP contribution >= 0.6 is 0 Å². The summed E-state index contributed by atoms with van der Waals surface area (Å²) in [5, 5.41) is 9.37. The maximum atomic E-state index is 11.8. The van der Waals surface area contributed by atoms with Crippen LogP contribution in [0.3, 0.4) is 0 Å². The molecule has 0 bridgehead atoms. The molecule has 0 unspecified atom stereocenters. The highest BCUT2D eigenvalue weighted by atomic mass is 16.6. The lowest BCUT2D eigenvalue weighted by Gasteiger charge is -2.39. The summed E-state index contributed by atoms with van der Waals surface area (Å²) in [6.07, 6.45) is 2.93. The van der Waals surface area contributed by atoms with Crippen LogP contribution in [0.5, 0.6) is 0 Å². The molecule has 1 N–H and O–H groups in total. The van der Waals surface area contributed by atoms with E-state index in [1.54, 1.807) is 20.8 Å². The Kier molecular flexibility index (Phi) is 7.35. The van der Waals surface area contributed by atoms with Crippen molar-refractivity contribution >= 4 is 17.8 Å². The van der Waals surface area contributed by atoms with E-state index in [1.807, 2.05) is 24.3 Å². The molecule has 2 atom stereocenters. The Morgan fingerprint density at radius 2 is 1.64 bits per heavy atom. The smallest absolute Gasteiger partial charge is 0.434 e. The number of piperidine rings is 1. The zero-order chi connectivity index (χ0) is 20.9. The molecule has 2 rings (SSSR count). The number of hydrogen-bond acceptors (Lipinski definition) is 4. The van der Waals surface area contributed by atoms with Gasteiger partial charge < -0.3 is 9.84 Å². The van der Waals surface area contributed by atoms with Gasteiger partial charge >= 0.3 is 12.1 Å². The number of carbonyl (C=O) groups is 2. The van der Waals surface area contributed by atoms with Gasteiger partial charge in [-0.25, -0.2) is 9.59 Å². The molecule has 1 saturated heterocycles. The van der Waals surface area contributed by atoms with Crippen molar-refractivity contribution < 1.29 is 19.4 Å². The minimum atomic E-state index is -1.22. The average molecular weight is 389 g/mol. The molecule has 0 aromatic heterocycles. The molecule has 1 aromatic rings. The van der Waals surface area contributed by atoms with Crippen molar-refractivity contribution in [1.82, 2.24) is 4.90 Å². The molecule has 6 heteroatoms. The molecule has 1 aliphatic heterocycles. The average Bonchev–Trinajstić information content (AvgIpc) is 2.57. The van der Waals surface area contributed by atoms with E-state index in [-0.39, 0.29) is 12.1 Å². The fourth-order valence-electron chi connectivity index (χ4n) is 3.51. The van der Waals surface area contributed by atoms with E-state index >= 15 is 0 Å². The monoisotopic (exact) mass is 388 g/mol. The normalized spacial score (nSPS) is 21.4. The highest BCUT2D eigenvalue weighted by Gasteiger charge is 2.24. The Balaban J connectivity index is 2.05. The number of carboxylic acids is 1. The van der Waals surface area contributed by atoms with Gasteiger partial charge in [0.25, 0.3) is 0 Å². The summed E-state index contributed by atoms with van der Waals surface area (Å²) in [5.74, 6) is -1.22. The summed E-state index contributed by atoms with van der Waals surface area (Å²) < 4.78 is 5.08. The molecule has 0 spiro atoms. The number of carboxylic acid groups (broad SMARTS) is 1. The lowest BCUT2D eigenvalue weighted by Crippen LogP contribution is -2.42. The van der Waals surface area contributed by atoms with Gasteiger partial charge in [0.2, 0.25) is 0 Å². The minimum absolute atomic E-state index is 0.0748.